The van der Waals surface area contributed by atoms with Crippen LogP contribution in [0.4, 0.5) is 0 Å². The number of benzene rings is 1. The standard InChI is InChI=1S/C10H9Cl3/c11-6-2-1-3-8-4-5-9(12)10(13)7-8/h1-2,4-5,7H,3,6H2. The molecule has 3 heteroatoms. The number of alkyl halides is 1. The molecule has 1 aromatic carbocycles. The minimum atomic E-state index is 0.543. The highest BCUT2D eigenvalue weighted by atomic mass is 35.5. The van der Waals surface area contributed by atoms with Gasteiger partial charge in [0.25, 0.3) is 0 Å². The van der Waals surface area contributed by atoms with Crippen LogP contribution in [-0.2, 0) is 6.42 Å². The Hall–Kier alpha value is -0.170. The molecule has 0 atom stereocenters. The largest absolute Gasteiger partial charge is 0.122 e. The average molecular weight is 236 g/mol. The lowest BCUT2D eigenvalue weighted by Gasteiger charge is -1.99. The van der Waals surface area contributed by atoms with Gasteiger partial charge in [-0.25, -0.2) is 0 Å². The maximum absolute atomic E-state index is 5.84. The summed E-state index contributed by atoms with van der Waals surface area (Å²) in [5.74, 6) is 0.543. The maximum atomic E-state index is 5.84. The summed E-state index contributed by atoms with van der Waals surface area (Å²) >= 11 is 17.1. The fraction of sp³-hybridized carbons (Fsp3) is 0.200. The van der Waals surface area contributed by atoms with Crippen LogP contribution in [0.5, 0.6) is 0 Å². The van der Waals surface area contributed by atoms with Crippen molar-refractivity contribution in [2.45, 2.75) is 6.42 Å². The fourth-order valence-corrected chi connectivity index (χ4v) is 1.40. The third-order valence-electron chi connectivity index (χ3n) is 1.59. The van der Waals surface area contributed by atoms with Gasteiger partial charge in [0, 0.05) is 5.88 Å². The molecule has 0 aliphatic rings. The molecule has 0 fully saturated rings. The molecule has 0 amide bonds. The molecule has 0 nitrogen and oxygen atoms in total. The summed E-state index contributed by atoms with van der Waals surface area (Å²) in [5.41, 5.74) is 1.13. The summed E-state index contributed by atoms with van der Waals surface area (Å²) in [6, 6.07) is 5.61. The van der Waals surface area contributed by atoms with Gasteiger partial charge in [-0.1, -0.05) is 41.4 Å². The van der Waals surface area contributed by atoms with Gasteiger partial charge in [-0.15, -0.1) is 11.6 Å². The normalized spacial score (nSPS) is 11.0. The van der Waals surface area contributed by atoms with Gasteiger partial charge < -0.3 is 0 Å². The highest BCUT2D eigenvalue weighted by Crippen LogP contribution is 2.22. The third kappa shape index (κ3) is 3.60. The summed E-state index contributed by atoms with van der Waals surface area (Å²) in [7, 11) is 0. The van der Waals surface area contributed by atoms with Gasteiger partial charge in [0.1, 0.15) is 0 Å². The molecule has 1 rings (SSSR count). The van der Waals surface area contributed by atoms with E-state index < -0.39 is 0 Å². The lowest BCUT2D eigenvalue weighted by atomic mass is 10.1. The Morgan fingerprint density at radius 1 is 1.08 bits per heavy atom. The number of hydrogen-bond donors (Lipinski definition) is 0. The van der Waals surface area contributed by atoms with Crippen molar-refractivity contribution in [3.8, 4) is 0 Å². The van der Waals surface area contributed by atoms with E-state index in [1.165, 1.54) is 0 Å². The molecule has 0 saturated carbocycles. The highest BCUT2D eigenvalue weighted by Gasteiger charge is 1.97. The second-order valence-corrected chi connectivity index (χ2v) is 3.70. The Labute approximate surface area is 93.1 Å². The van der Waals surface area contributed by atoms with Gasteiger partial charge >= 0.3 is 0 Å². The van der Waals surface area contributed by atoms with E-state index in [9.17, 15) is 0 Å². The first kappa shape index (κ1) is 10.9. The molecule has 0 aromatic heterocycles. The van der Waals surface area contributed by atoms with Crippen molar-refractivity contribution >= 4 is 34.8 Å². The average Bonchev–Trinajstić information content (AvgIpc) is 2.12. The topological polar surface area (TPSA) is 0 Å². The van der Waals surface area contributed by atoms with Crippen LogP contribution in [0.15, 0.2) is 30.4 Å². The zero-order valence-electron chi connectivity index (χ0n) is 6.93. The summed E-state index contributed by atoms with van der Waals surface area (Å²) in [5, 5.41) is 1.19. The molecule has 70 valence electrons. The van der Waals surface area contributed by atoms with Crippen LogP contribution in [0.3, 0.4) is 0 Å². The van der Waals surface area contributed by atoms with Crippen LogP contribution in [-0.4, -0.2) is 5.88 Å². The Morgan fingerprint density at radius 3 is 2.46 bits per heavy atom. The number of halogens is 3. The van der Waals surface area contributed by atoms with Gasteiger partial charge in [-0.05, 0) is 24.1 Å². The van der Waals surface area contributed by atoms with E-state index in [2.05, 4.69) is 0 Å². The van der Waals surface area contributed by atoms with Crippen LogP contribution in [0.25, 0.3) is 0 Å². The Kier molecular flexibility index (Phi) is 4.65. The molecule has 0 radical (unpaired) electrons. The molecule has 0 saturated heterocycles. The molecule has 0 bridgehead atoms. The molecule has 13 heavy (non-hydrogen) atoms. The zero-order chi connectivity index (χ0) is 9.68. The highest BCUT2D eigenvalue weighted by molar-refractivity contribution is 6.42. The first-order valence-electron chi connectivity index (χ1n) is 3.89. The predicted molar refractivity (Wildman–Crippen MR) is 60.0 cm³/mol. The second-order valence-electron chi connectivity index (χ2n) is 2.58. The molecule has 0 aliphatic heterocycles. The first-order valence-corrected chi connectivity index (χ1v) is 5.18. The van der Waals surface area contributed by atoms with E-state index in [0.29, 0.717) is 15.9 Å². The Bertz CT molecular complexity index is 305. The first-order chi connectivity index (χ1) is 6.24. The number of rotatable bonds is 3. The monoisotopic (exact) mass is 234 g/mol. The van der Waals surface area contributed by atoms with Gasteiger partial charge in [0.15, 0.2) is 0 Å². The van der Waals surface area contributed by atoms with Crippen LogP contribution in [0.2, 0.25) is 10.0 Å². The molecule has 0 heterocycles. The van der Waals surface area contributed by atoms with Crippen molar-refractivity contribution < 1.29 is 0 Å². The molecule has 0 aliphatic carbocycles. The van der Waals surface area contributed by atoms with E-state index >= 15 is 0 Å². The summed E-state index contributed by atoms with van der Waals surface area (Å²) < 4.78 is 0. The predicted octanol–water partition coefficient (Wildman–Crippen LogP) is 4.33. The van der Waals surface area contributed by atoms with E-state index in [4.69, 9.17) is 34.8 Å². The van der Waals surface area contributed by atoms with Crippen LogP contribution in [0, 0.1) is 0 Å². The van der Waals surface area contributed by atoms with Crippen molar-refractivity contribution in [1.29, 1.82) is 0 Å². The van der Waals surface area contributed by atoms with Crippen molar-refractivity contribution in [3.63, 3.8) is 0 Å². The van der Waals surface area contributed by atoms with E-state index in [-0.39, 0.29) is 0 Å². The van der Waals surface area contributed by atoms with E-state index in [0.717, 1.165) is 12.0 Å². The third-order valence-corrected chi connectivity index (χ3v) is 2.51. The van der Waals surface area contributed by atoms with Gasteiger partial charge in [-0.3, -0.25) is 0 Å². The minimum absolute atomic E-state index is 0.543. The second kappa shape index (κ2) is 5.54. The Morgan fingerprint density at radius 2 is 1.85 bits per heavy atom. The maximum Gasteiger partial charge on any atom is 0.0595 e. The summed E-state index contributed by atoms with van der Waals surface area (Å²) in [6.45, 7) is 0. The van der Waals surface area contributed by atoms with Gasteiger partial charge in [0.05, 0.1) is 10.0 Å². The number of hydrogen-bond acceptors (Lipinski definition) is 0. The SMILES string of the molecule is ClCC=CCc1ccc(Cl)c(Cl)c1. The smallest absolute Gasteiger partial charge is 0.0595 e. The Balaban J connectivity index is 2.68. The fourth-order valence-electron chi connectivity index (χ4n) is 0.949. The molecule has 0 spiro atoms. The summed E-state index contributed by atoms with van der Waals surface area (Å²) in [4.78, 5) is 0. The number of allylic oxidation sites excluding steroid dienone is 2. The quantitative estimate of drug-likeness (QED) is 0.540. The van der Waals surface area contributed by atoms with Crippen LogP contribution < -0.4 is 0 Å². The molecule has 1 aromatic rings. The lowest BCUT2D eigenvalue weighted by Crippen LogP contribution is -1.81. The minimum Gasteiger partial charge on any atom is -0.122 e. The van der Waals surface area contributed by atoms with Crippen LogP contribution in [0.1, 0.15) is 5.56 Å². The summed E-state index contributed by atoms with van der Waals surface area (Å²) in [6.07, 6.45) is 4.75. The molecular formula is C10H9Cl3. The lowest BCUT2D eigenvalue weighted by molar-refractivity contribution is 1.26. The van der Waals surface area contributed by atoms with E-state index in [1.807, 2.05) is 24.3 Å². The van der Waals surface area contributed by atoms with Crippen molar-refractivity contribution in [2.75, 3.05) is 5.88 Å². The van der Waals surface area contributed by atoms with Gasteiger partial charge in [-0.2, -0.15) is 0 Å². The molecular weight excluding hydrogens is 226 g/mol. The molecule has 0 unspecified atom stereocenters. The molecule has 0 N–H and O–H groups in total. The van der Waals surface area contributed by atoms with Crippen molar-refractivity contribution in [1.82, 2.24) is 0 Å². The van der Waals surface area contributed by atoms with Crippen molar-refractivity contribution in [3.05, 3.63) is 46.0 Å². The van der Waals surface area contributed by atoms with E-state index in [1.54, 1.807) is 6.07 Å². The van der Waals surface area contributed by atoms with Gasteiger partial charge in [0.2, 0.25) is 0 Å². The van der Waals surface area contributed by atoms with Crippen LogP contribution >= 0.6 is 34.8 Å². The van der Waals surface area contributed by atoms with Crippen molar-refractivity contribution in [2.24, 2.45) is 0 Å². The zero-order valence-corrected chi connectivity index (χ0v) is 9.20.